The summed E-state index contributed by atoms with van der Waals surface area (Å²) in [6, 6.07) is 14.3. The number of carboxylic acids is 1. The molecule has 11 nitrogen and oxygen atoms in total. The zero-order valence-electron chi connectivity index (χ0n) is 23.4. The normalized spacial score (nSPS) is 13.8. The number of carbonyl (C=O) groups is 1. The van der Waals surface area contributed by atoms with Gasteiger partial charge in [0.1, 0.15) is 12.4 Å². The lowest BCUT2D eigenvalue weighted by atomic mass is 9.88. The average molecular weight is 649 g/mol. The summed E-state index contributed by atoms with van der Waals surface area (Å²) in [5, 5.41) is 26.3. The van der Waals surface area contributed by atoms with Crippen molar-refractivity contribution in [1.29, 1.82) is 0 Å². The van der Waals surface area contributed by atoms with Crippen molar-refractivity contribution >= 4 is 44.7 Å². The maximum absolute atomic E-state index is 13.6. The van der Waals surface area contributed by atoms with Gasteiger partial charge in [-0.3, -0.25) is 14.9 Å². The Morgan fingerprint density at radius 1 is 1.16 bits per heavy atom. The molecule has 1 aromatic heterocycles. The lowest BCUT2D eigenvalue weighted by molar-refractivity contribution is -0.386. The summed E-state index contributed by atoms with van der Waals surface area (Å²) in [7, 11) is 0. The molecule has 3 aromatic carbocycles. The van der Waals surface area contributed by atoms with Crippen molar-refractivity contribution in [1.82, 2.24) is 9.66 Å². The summed E-state index contributed by atoms with van der Waals surface area (Å²) in [6.07, 6.45) is 6.38. The highest BCUT2D eigenvalue weighted by atomic mass is 79.9. The van der Waals surface area contributed by atoms with E-state index < -0.39 is 10.9 Å². The van der Waals surface area contributed by atoms with Gasteiger partial charge in [0.25, 0.3) is 5.56 Å². The van der Waals surface area contributed by atoms with Crippen molar-refractivity contribution in [2.45, 2.75) is 51.6 Å². The average Bonchev–Trinajstić information content (AvgIpc) is 3.00. The van der Waals surface area contributed by atoms with Crippen molar-refractivity contribution in [3.63, 3.8) is 0 Å². The van der Waals surface area contributed by atoms with Gasteiger partial charge in [-0.1, -0.05) is 47.3 Å². The number of nitro benzene ring substituents is 1. The zero-order chi connectivity index (χ0) is 30.5. The van der Waals surface area contributed by atoms with Crippen molar-refractivity contribution < 1.29 is 24.3 Å². The van der Waals surface area contributed by atoms with Crippen LogP contribution in [0.2, 0.25) is 0 Å². The Kier molecular flexibility index (Phi) is 9.15. The van der Waals surface area contributed by atoms with Gasteiger partial charge in [0.2, 0.25) is 5.75 Å². The van der Waals surface area contributed by atoms with Gasteiger partial charge >= 0.3 is 11.7 Å². The minimum Gasteiger partial charge on any atom is -0.490 e. The number of benzene rings is 3. The van der Waals surface area contributed by atoms with Gasteiger partial charge in [-0.15, -0.1) is 0 Å². The number of aromatic nitrogens is 2. The molecule has 0 bridgehead atoms. The van der Waals surface area contributed by atoms with Crippen LogP contribution in [0.1, 0.15) is 72.3 Å². The first-order valence-corrected chi connectivity index (χ1v) is 14.7. The quantitative estimate of drug-likeness (QED) is 0.114. The van der Waals surface area contributed by atoms with Gasteiger partial charge in [0.05, 0.1) is 34.2 Å². The molecule has 1 saturated carbocycles. The Morgan fingerprint density at radius 2 is 1.95 bits per heavy atom. The molecule has 0 aliphatic heterocycles. The summed E-state index contributed by atoms with van der Waals surface area (Å²) < 4.78 is 13.6. The van der Waals surface area contributed by atoms with Gasteiger partial charge in [-0.05, 0) is 61.7 Å². The van der Waals surface area contributed by atoms with E-state index in [9.17, 15) is 24.8 Å². The van der Waals surface area contributed by atoms with Crippen LogP contribution in [0.25, 0.3) is 10.9 Å². The summed E-state index contributed by atoms with van der Waals surface area (Å²) >= 11 is 3.42. The van der Waals surface area contributed by atoms with Gasteiger partial charge in [-0.2, -0.15) is 9.78 Å². The van der Waals surface area contributed by atoms with E-state index in [1.807, 2.05) is 6.07 Å². The summed E-state index contributed by atoms with van der Waals surface area (Å²) in [6.45, 7) is 1.83. The first-order valence-electron chi connectivity index (χ1n) is 13.9. The highest BCUT2D eigenvalue weighted by molar-refractivity contribution is 9.10. The predicted octanol–water partition coefficient (Wildman–Crippen LogP) is 6.67. The SMILES string of the molecule is CCOc1cc(C=Nn2c(C3CCCCC3)nc3ccc(Br)cc3c2=O)cc([N+](=O)[O-])c1OCc1cccc(C(=O)O)c1. The van der Waals surface area contributed by atoms with Crippen LogP contribution in [0, 0.1) is 10.1 Å². The predicted molar refractivity (Wildman–Crippen MR) is 165 cm³/mol. The molecule has 0 amide bonds. The van der Waals surface area contributed by atoms with Crippen LogP contribution in [-0.2, 0) is 6.61 Å². The molecule has 222 valence electrons. The van der Waals surface area contributed by atoms with Crippen LogP contribution in [0.5, 0.6) is 11.5 Å². The molecule has 1 fully saturated rings. The Balaban J connectivity index is 1.55. The van der Waals surface area contributed by atoms with Crippen LogP contribution in [0.15, 0.2) is 69.0 Å². The van der Waals surface area contributed by atoms with Crippen molar-refractivity contribution in [2.75, 3.05) is 6.61 Å². The topological polar surface area (TPSA) is 146 Å². The largest absolute Gasteiger partial charge is 0.490 e. The second-order valence-corrected chi connectivity index (χ2v) is 11.1. The summed E-state index contributed by atoms with van der Waals surface area (Å²) in [5.74, 6) is -0.435. The number of hydrogen-bond donors (Lipinski definition) is 1. The molecule has 0 radical (unpaired) electrons. The van der Waals surface area contributed by atoms with Crippen LogP contribution < -0.4 is 15.0 Å². The third-order valence-electron chi connectivity index (χ3n) is 7.24. The van der Waals surface area contributed by atoms with Crippen molar-refractivity contribution in [3.8, 4) is 11.5 Å². The first-order chi connectivity index (χ1) is 20.7. The molecule has 0 unspecified atom stereocenters. The molecule has 43 heavy (non-hydrogen) atoms. The van der Waals surface area contributed by atoms with Gasteiger partial charge in [-0.25, -0.2) is 9.78 Å². The fourth-order valence-electron chi connectivity index (χ4n) is 5.20. The molecular weight excluding hydrogens is 620 g/mol. The maximum Gasteiger partial charge on any atom is 0.335 e. The second kappa shape index (κ2) is 13.2. The van der Waals surface area contributed by atoms with E-state index in [2.05, 4.69) is 21.0 Å². The number of nitro groups is 1. The molecule has 0 saturated heterocycles. The first kappa shape index (κ1) is 29.9. The fourth-order valence-corrected chi connectivity index (χ4v) is 5.56. The Morgan fingerprint density at radius 3 is 2.67 bits per heavy atom. The highest BCUT2D eigenvalue weighted by Crippen LogP contribution is 2.39. The monoisotopic (exact) mass is 648 g/mol. The number of carboxylic acid groups (broad SMARTS) is 1. The number of fused-ring (bicyclic) bond motifs is 1. The second-order valence-electron chi connectivity index (χ2n) is 10.2. The van der Waals surface area contributed by atoms with Crippen LogP contribution in [0.4, 0.5) is 5.69 Å². The molecule has 1 aliphatic rings. The fraction of sp³-hybridized carbons (Fsp3) is 0.290. The Labute approximate surface area is 255 Å². The number of halogens is 1. The minimum absolute atomic E-state index is 0.0652. The number of rotatable bonds is 10. The molecule has 0 spiro atoms. The third-order valence-corrected chi connectivity index (χ3v) is 7.73. The summed E-state index contributed by atoms with van der Waals surface area (Å²) in [5.41, 5.74) is 0.822. The van der Waals surface area contributed by atoms with Gasteiger partial charge < -0.3 is 14.6 Å². The lowest BCUT2D eigenvalue weighted by Gasteiger charge is -2.22. The molecular formula is C31H29BrN4O7. The van der Waals surface area contributed by atoms with E-state index in [0.717, 1.165) is 36.6 Å². The van der Waals surface area contributed by atoms with Crippen LogP contribution in [0.3, 0.4) is 0 Å². The highest BCUT2D eigenvalue weighted by Gasteiger charge is 2.25. The summed E-state index contributed by atoms with van der Waals surface area (Å²) in [4.78, 5) is 41.4. The van der Waals surface area contributed by atoms with E-state index in [4.69, 9.17) is 14.5 Å². The van der Waals surface area contributed by atoms with Gasteiger partial charge in [0, 0.05) is 22.0 Å². The molecule has 1 heterocycles. The molecule has 12 heteroatoms. The van der Waals surface area contributed by atoms with Crippen LogP contribution >= 0.6 is 15.9 Å². The Hall–Kier alpha value is -4.58. The molecule has 1 N–H and O–H groups in total. The van der Waals surface area contributed by atoms with Crippen LogP contribution in [-0.4, -0.2) is 38.5 Å². The van der Waals surface area contributed by atoms with E-state index >= 15 is 0 Å². The van der Waals surface area contributed by atoms with E-state index in [1.165, 1.54) is 29.1 Å². The minimum atomic E-state index is -1.09. The lowest BCUT2D eigenvalue weighted by Crippen LogP contribution is -2.25. The third kappa shape index (κ3) is 6.75. The Bertz CT molecular complexity index is 1780. The molecule has 5 rings (SSSR count). The standard InChI is InChI=1S/C31H29BrN4O7/c1-2-42-27-15-20(14-26(36(40)41)28(27)43-18-19-7-6-10-22(13-19)31(38)39)17-33-35-29(21-8-4-3-5-9-21)34-25-12-11-23(32)16-24(25)30(35)37/h6-7,10-17,21H,2-5,8-9,18H2,1H3,(H,38,39). The van der Waals surface area contributed by atoms with Gasteiger partial charge in [0.15, 0.2) is 5.75 Å². The number of ether oxygens (including phenoxy) is 2. The van der Waals surface area contributed by atoms with E-state index in [-0.39, 0.29) is 47.4 Å². The molecule has 0 atom stereocenters. The number of aromatic carboxylic acids is 1. The van der Waals surface area contributed by atoms with E-state index in [0.29, 0.717) is 27.9 Å². The molecule has 4 aromatic rings. The maximum atomic E-state index is 13.6. The van der Waals surface area contributed by atoms with Crippen molar-refractivity contribution in [2.24, 2.45) is 5.10 Å². The zero-order valence-corrected chi connectivity index (χ0v) is 25.0. The smallest absolute Gasteiger partial charge is 0.335 e. The van der Waals surface area contributed by atoms with E-state index in [1.54, 1.807) is 37.3 Å². The van der Waals surface area contributed by atoms with Crippen molar-refractivity contribution in [3.05, 3.63) is 102 Å². The number of nitrogens with zero attached hydrogens (tertiary/aromatic N) is 4. The number of hydrogen-bond acceptors (Lipinski definition) is 8. The molecule has 1 aliphatic carbocycles.